The highest BCUT2D eigenvalue weighted by Crippen LogP contribution is 2.28. The van der Waals surface area contributed by atoms with Crippen molar-refractivity contribution in [2.24, 2.45) is 4.99 Å². The third-order valence-electron chi connectivity index (χ3n) is 6.55. The predicted molar refractivity (Wildman–Crippen MR) is 140 cm³/mol. The monoisotopic (exact) mass is 548 g/mol. The molecule has 1 aliphatic rings. The number of aromatic nitrogens is 7. The van der Waals surface area contributed by atoms with Gasteiger partial charge in [-0.05, 0) is 53.0 Å². The van der Waals surface area contributed by atoms with Gasteiger partial charge in [-0.3, -0.25) is 9.36 Å². The molecular weight excluding hydrogens is 524 g/mol. The van der Waals surface area contributed by atoms with Gasteiger partial charge in [0.1, 0.15) is 11.6 Å². The molecule has 0 atom stereocenters. The molecule has 5 aromatic rings. The minimum Gasteiger partial charge on any atom is -0.361 e. The van der Waals surface area contributed by atoms with E-state index >= 15 is 0 Å². The zero-order chi connectivity index (χ0) is 24.6. The lowest BCUT2D eigenvalue weighted by molar-refractivity contribution is 0.375. The number of aryl methyl sites for hydroxylation is 3. The maximum atomic E-state index is 13.3. The van der Waals surface area contributed by atoms with E-state index in [0.717, 1.165) is 46.9 Å². The van der Waals surface area contributed by atoms with Crippen LogP contribution in [0.1, 0.15) is 49.9 Å². The summed E-state index contributed by atoms with van der Waals surface area (Å²) < 4.78 is 9.94. The van der Waals surface area contributed by atoms with E-state index < -0.39 is 0 Å². The van der Waals surface area contributed by atoms with Crippen LogP contribution in [0.15, 0.2) is 44.8 Å². The molecule has 10 nitrogen and oxygen atoms in total. The molecule has 6 rings (SSSR count). The quantitative estimate of drug-likeness (QED) is 0.265. The van der Waals surface area contributed by atoms with Gasteiger partial charge in [0.2, 0.25) is 17.5 Å². The van der Waals surface area contributed by atoms with Gasteiger partial charge < -0.3 is 9.51 Å². The molecule has 0 amide bonds. The summed E-state index contributed by atoms with van der Waals surface area (Å²) in [4.78, 5) is 25.7. The summed E-state index contributed by atoms with van der Waals surface area (Å²) in [6.07, 6.45) is 7.46. The molecular formula is C25H25BrN8O2. The summed E-state index contributed by atoms with van der Waals surface area (Å²) in [5.74, 6) is 3.02. The highest BCUT2D eigenvalue weighted by atomic mass is 79.9. The highest BCUT2D eigenvalue weighted by molar-refractivity contribution is 9.18. The number of nitrogens with one attached hydrogen (secondary N) is 1. The van der Waals surface area contributed by atoms with Crippen molar-refractivity contribution >= 4 is 43.0 Å². The molecule has 36 heavy (non-hydrogen) atoms. The SMILES string of the molecule is CCCCCn1c2c(c(=O)n3c(CCCc4nc(-c5ccc6[nH]ccc6c5)no4)nnc13)CC(Br)=N2. The minimum absolute atomic E-state index is 0.0924. The number of fused-ring (bicyclic) bond motifs is 3. The van der Waals surface area contributed by atoms with Gasteiger partial charge >= 0.3 is 0 Å². The van der Waals surface area contributed by atoms with Crippen LogP contribution in [0, 0.1) is 0 Å². The predicted octanol–water partition coefficient (Wildman–Crippen LogP) is 4.77. The summed E-state index contributed by atoms with van der Waals surface area (Å²) in [5, 5.41) is 14.0. The Kier molecular flexibility index (Phi) is 6.00. The second-order valence-corrected chi connectivity index (χ2v) is 9.94. The molecule has 184 valence electrons. The summed E-state index contributed by atoms with van der Waals surface area (Å²) in [6.45, 7) is 2.92. The van der Waals surface area contributed by atoms with E-state index in [1.165, 1.54) is 0 Å². The molecule has 0 aliphatic carbocycles. The molecule has 5 heterocycles. The highest BCUT2D eigenvalue weighted by Gasteiger charge is 2.25. The van der Waals surface area contributed by atoms with Crippen molar-refractivity contribution in [2.45, 2.75) is 58.4 Å². The van der Waals surface area contributed by atoms with E-state index in [1.54, 1.807) is 4.40 Å². The molecule has 0 radical (unpaired) electrons. The van der Waals surface area contributed by atoms with Gasteiger partial charge in [-0.2, -0.15) is 4.98 Å². The Balaban J connectivity index is 1.21. The number of unbranched alkanes of at least 4 members (excludes halogenated alkanes) is 2. The van der Waals surface area contributed by atoms with Crippen LogP contribution >= 0.6 is 15.9 Å². The van der Waals surface area contributed by atoms with E-state index in [4.69, 9.17) is 4.52 Å². The molecule has 0 spiro atoms. The van der Waals surface area contributed by atoms with Crippen molar-refractivity contribution in [3.63, 3.8) is 0 Å². The van der Waals surface area contributed by atoms with Gasteiger partial charge in [0, 0.05) is 48.5 Å². The molecule has 1 aliphatic heterocycles. The van der Waals surface area contributed by atoms with E-state index in [-0.39, 0.29) is 5.56 Å². The van der Waals surface area contributed by atoms with Gasteiger partial charge in [-0.1, -0.05) is 24.9 Å². The zero-order valence-electron chi connectivity index (χ0n) is 19.9. The van der Waals surface area contributed by atoms with Gasteiger partial charge in [0.25, 0.3) is 5.56 Å². The molecule has 4 aromatic heterocycles. The molecule has 0 fully saturated rings. The number of hydrogen-bond acceptors (Lipinski definition) is 7. The maximum absolute atomic E-state index is 13.3. The number of benzene rings is 1. The smallest absolute Gasteiger partial charge is 0.266 e. The zero-order valence-corrected chi connectivity index (χ0v) is 21.5. The van der Waals surface area contributed by atoms with E-state index in [0.29, 0.717) is 60.4 Å². The van der Waals surface area contributed by atoms with Crippen LogP contribution in [0.4, 0.5) is 5.82 Å². The van der Waals surface area contributed by atoms with E-state index in [2.05, 4.69) is 53.2 Å². The lowest BCUT2D eigenvalue weighted by Crippen LogP contribution is -2.23. The fourth-order valence-corrected chi connectivity index (χ4v) is 5.16. The Morgan fingerprint density at radius 1 is 1.14 bits per heavy atom. The van der Waals surface area contributed by atoms with Gasteiger partial charge in [0.15, 0.2) is 0 Å². The molecule has 11 heteroatoms. The lowest BCUT2D eigenvalue weighted by atomic mass is 10.1. The third-order valence-corrected chi connectivity index (χ3v) is 7.00. The van der Waals surface area contributed by atoms with Gasteiger partial charge in [-0.15, -0.1) is 10.2 Å². The molecule has 1 N–H and O–H groups in total. The van der Waals surface area contributed by atoms with Crippen molar-refractivity contribution in [3.8, 4) is 11.4 Å². The fourth-order valence-electron chi connectivity index (χ4n) is 4.71. The van der Waals surface area contributed by atoms with Crippen LogP contribution in [-0.4, -0.2) is 38.9 Å². The first-order valence-electron chi connectivity index (χ1n) is 12.2. The average Bonchev–Trinajstić information content (AvgIpc) is 3.67. The number of aromatic amines is 1. The second-order valence-electron chi connectivity index (χ2n) is 9.03. The second kappa shape index (κ2) is 9.45. The first-order chi connectivity index (χ1) is 17.6. The van der Waals surface area contributed by atoms with Crippen molar-refractivity contribution < 1.29 is 4.52 Å². The molecule has 1 aromatic carbocycles. The number of hydrogen-bond donors (Lipinski definition) is 1. The first kappa shape index (κ1) is 22.8. The van der Waals surface area contributed by atoms with Crippen LogP contribution in [0.5, 0.6) is 0 Å². The van der Waals surface area contributed by atoms with Crippen LogP contribution in [0.3, 0.4) is 0 Å². The first-order valence-corrected chi connectivity index (χ1v) is 13.0. The summed E-state index contributed by atoms with van der Waals surface area (Å²) in [5.41, 5.74) is 2.57. The normalized spacial score (nSPS) is 13.1. The Hall–Kier alpha value is -3.60. The van der Waals surface area contributed by atoms with Crippen LogP contribution in [-0.2, 0) is 25.8 Å². The van der Waals surface area contributed by atoms with Crippen molar-refractivity contribution in [1.82, 2.24) is 34.3 Å². The van der Waals surface area contributed by atoms with Gasteiger partial charge in [0.05, 0.1) is 10.2 Å². The molecule has 0 bridgehead atoms. The number of nitrogens with zero attached hydrogens (tertiary/aromatic N) is 7. The third kappa shape index (κ3) is 4.06. The lowest BCUT2D eigenvalue weighted by Gasteiger charge is -2.12. The number of H-pyrrole nitrogens is 1. The molecule has 0 saturated heterocycles. The van der Waals surface area contributed by atoms with Crippen LogP contribution in [0.25, 0.3) is 28.1 Å². The topological polar surface area (TPSA) is 119 Å². The molecule has 0 saturated carbocycles. The largest absolute Gasteiger partial charge is 0.361 e. The molecule has 0 unspecified atom stereocenters. The number of halogens is 1. The average molecular weight is 549 g/mol. The van der Waals surface area contributed by atoms with Crippen LogP contribution in [0.2, 0.25) is 0 Å². The Bertz CT molecular complexity index is 1660. The van der Waals surface area contributed by atoms with E-state index in [9.17, 15) is 4.79 Å². The Morgan fingerprint density at radius 3 is 2.94 bits per heavy atom. The summed E-state index contributed by atoms with van der Waals surface area (Å²) >= 11 is 3.47. The summed E-state index contributed by atoms with van der Waals surface area (Å²) in [7, 11) is 0. The minimum atomic E-state index is -0.0924. The summed E-state index contributed by atoms with van der Waals surface area (Å²) in [6, 6.07) is 8.03. The maximum Gasteiger partial charge on any atom is 0.266 e. The Labute approximate surface area is 214 Å². The van der Waals surface area contributed by atoms with Crippen molar-refractivity contribution in [2.75, 3.05) is 0 Å². The number of rotatable bonds is 9. The standard InChI is InChI=1S/C25H25BrN8O2/c1-2-3-4-12-33-23-17(14-19(26)28-23)24(35)34-20(30-31-25(33)34)6-5-7-21-29-22(32-36-21)16-8-9-18-15(13-16)10-11-27-18/h8-11,13,27H,2-7,12,14H2,1H3. The number of aliphatic imine (C=N–C) groups is 1. The van der Waals surface area contributed by atoms with Gasteiger partial charge in [-0.25, -0.2) is 9.39 Å². The van der Waals surface area contributed by atoms with Crippen molar-refractivity contribution in [1.29, 1.82) is 0 Å². The Morgan fingerprint density at radius 2 is 2.06 bits per heavy atom. The fraction of sp³-hybridized carbons (Fsp3) is 0.360. The van der Waals surface area contributed by atoms with Crippen molar-refractivity contribution in [3.05, 3.63) is 58.1 Å². The van der Waals surface area contributed by atoms with Crippen LogP contribution < -0.4 is 5.56 Å². The van der Waals surface area contributed by atoms with E-state index in [1.807, 2.05) is 35.0 Å².